The Balaban J connectivity index is 1.60. The van der Waals surface area contributed by atoms with Crippen molar-refractivity contribution in [1.29, 1.82) is 0 Å². The Bertz CT molecular complexity index is 1120. The Morgan fingerprint density at radius 3 is 2.69 bits per heavy atom. The molecule has 2 aliphatic rings. The van der Waals surface area contributed by atoms with Gasteiger partial charge in [0.1, 0.15) is 60.7 Å². The van der Waals surface area contributed by atoms with Gasteiger partial charge in [-0.1, -0.05) is 29.1 Å². The lowest BCUT2D eigenvalue weighted by Crippen LogP contribution is -2.57. The third-order valence-electron chi connectivity index (χ3n) is 5.10. The number of rotatable bonds is 8. The number of benzene rings is 1. The minimum absolute atomic E-state index is 0.0428. The van der Waals surface area contributed by atoms with Crippen LogP contribution in [0.4, 0.5) is 4.39 Å². The first-order valence-corrected chi connectivity index (χ1v) is 11.5. The molecule has 0 unspecified atom stereocenters. The van der Waals surface area contributed by atoms with Crippen molar-refractivity contribution in [2.75, 3.05) is 26.9 Å². The fourth-order valence-electron chi connectivity index (χ4n) is 3.33. The van der Waals surface area contributed by atoms with Crippen LogP contribution in [0.5, 0.6) is 11.6 Å². The zero-order valence-corrected chi connectivity index (χ0v) is 19.6. The smallest absolute Gasteiger partial charge is 0.280 e. The molecular formula is C21H23FN4O9S. The lowest BCUT2D eigenvalue weighted by molar-refractivity contribution is -0.205. The highest BCUT2D eigenvalue weighted by molar-refractivity contribution is 7.99. The molecule has 4 N–H and O–H groups in total. The van der Waals surface area contributed by atoms with E-state index >= 15 is 4.39 Å². The third-order valence-corrected chi connectivity index (χ3v) is 6.23. The molecule has 1 saturated heterocycles. The van der Waals surface area contributed by atoms with Gasteiger partial charge >= 0.3 is 0 Å². The number of aromatic nitrogens is 2. The van der Waals surface area contributed by atoms with Gasteiger partial charge in [0.25, 0.3) is 11.8 Å². The van der Waals surface area contributed by atoms with E-state index in [9.17, 15) is 20.4 Å². The molecule has 0 amide bonds. The number of nitrogens with zero attached hydrogens (tertiary/aromatic N) is 4. The van der Waals surface area contributed by atoms with Crippen LogP contribution in [0.25, 0.3) is 0 Å². The summed E-state index contributed by atoms with van der Waals surface area (Å²) in [5, 5.41) is 47.1. The molecule has 2 aliphatic heterocycles. The maximum absolute atomic E-state index is 15.3. The molecule has 15 heteroatoms. The summed E-state index contributed by atoms with van der Waals surface area (Å²) >= 11 is 0.630. The summed E-state index contributed by atoms with van der Waals surface area (Å²) in [5.74, 6) is -1.26. The topological polar surface area (TPSA) is 178 Å². The second kappa shape index (κ2) is 11.8. The van der Waals surface area contributed by atoms with Crippen LogP contribution in [0.3, 0.4) is 0 Å². The highest BCUT2D eigenvalue weighted by Gasteiger charge is 2.44. The Morgan fingerprint density at radius 1 is 1.17 bits per heavy atom. The first-order chi connectivity index (χ1) is 17.4. The quantitative estimate of drug-likeness (QED) is 0.206. The van der Waals surface area contributed by atoms with E-state index in [-0.39, 0.29) is 35.6 Å². The Hall–Kier alpha value is -3.08. The van der Waals surface area contributed by atoms with Crippen molar-refractivity contribution < 1.29 is 48.7 Å². The molecule has 0 aliphatic carbocycles. The predicted octanol–water partition coefficient (Wildman–Crippen LogP) is 0.0108. The van der Waals surface area contributed by atoms with E-state index in [1.165, 1.54) is 13.2 Å². The first kappa shape index (κ1) is 26.0. The molecule has 5 atom stereocenters. The number of oxime groups is 2. The van der Waals surface area contributed by atoms with Crippen molar-refractivity contribution in [2.45, 2.75) is 34.9 Å². The first-order valence-electron chi connectivity index (χ1n) is 10.6. The van der Waals surface area contributed by atoms with Crippen molar-refractivity contribution in [3.8, 4) is 11.6 Å². The lowest BCUT2D eigenvalue weighted by Gasteiger charge is -2.39. The van der Waals surface area contributed by atoms with Gasteiger partial charge < -0.3 is 44.3 Å². The molecule has 36 heavy (non-hydrogen) atoms. The van der Waals surface area contributed by atoms with Crippen LogP contribution in [0, 0.1) is 5.82 Å². The molecule has 0 bridgehead atoms. The molecule has 194 valence electrons. The molecule has 4 rings (SSSR count). The summed E-state index contributed by atoms with van der Waals surface area (Å²) in [6, 6.07) is 6.49. The number of thioether (sulfide) groups is 1. The molecule has 13 nitrogen and oxygen atoms in total. The van der Waals surface area contributed by atoms with Crippen LogP contribution in [0.1, 0.15) is 5.56 Å². The van der Waals surface area contributed by atoms with Gasteiger partial charge in [0.15, 0.2) is 12.3 Å². The van der Waals surface area contributed by atoms with E-state index in [0.717, 1.165) is 6.33 Å². The third kappa shape index (κ3) is 5.50. The largest absolute Gasteiger partial charge is 0.470 e. The molecule has 1 aromatic carbocycles. The van der Waals surface area contributed by atoms with Crippen LogP contribution in [0.2, 0.25) is 0 Å². The summed E-state index contributed by atoms with van der Waals surface area (Å²) in [6.07, 6.45) is -4.86. The van der Waals surface area contributed by atoms with E-state index in [1.807, 2.05) is 0 Å². The fraction of sp³-hybridized carbons (Fsp3) is 0.429. The van der Waals surface area contributed by atoms with E-state index in [0.29, 0.717) is 17.3 Å². The Kier molecular flexibility index (Phi) is 8.50. The maximum atomic E-state index is 15.3. The number of aliphatic hydroxyl groups is 4. The zero-order valence-electron chi connectivity index (χ0n) is 18.8. The van der Waals surface area contributed by atoms with Crippen LogP contribution < -0.4 is 4.74 Å². The van der Waals surface area contributed by atoms with Gasteiger partial charge in [-0.25, -0.2) is 4.98 Å². The fourth-order valence-corrected chi connectivity index (χ4v) is 4.35. The molecular weight excluding hydrogens is 503 g/mol. The minimum atomic E-state index is -1.62. The van der Waals surface area contributed by atoms with Crippen molar-refractivity contribution in [1.82, 2.24) is 9.97 Å². The van der Waals surface area contributed by atoms with E-state index in [4.69, 9.17) is 23.9 Å². The normalized spacial score (nSPS) is 26.4. The average molecular weight is 526 g/mol. The molecule has 3 heterocycles. The number of aliphatic hydroxyl groups excluding tert-OH is 4. The summed E-state index contributed by atoms with van der Waals surface area (Å²) in [6.45, 7) is -0.114. The SMILES string of the molecule is CO/N=C(\C1=NOCCO1)c1ccccc1Oc1ncnc(S[C@@H]2O[C@H](CO)[C@@H](O)[C@H](O)[C@H]2O)c1F. The average Bonchev–Trinajstić information content (AvgIpc) is 2.90. The molecule has 0 radical (unpaired) electrons. The van der Waals surface area contributed by atoms with Crippen molar-refractivity contribution in [2.24, 2.45) is 10.3 Å². The van der Waals surface area contributed by atoms with Gasteiger partial charge in [0.05, 0.1) is 12.2 Å². The van der Waals surface area contributed by atoms with Gasteiger partial charge in [-0.3, -0.25) is 0 Å². The van der Waals surface area contributed by atoms with Crippen LogP contribution >= 0.6 is 11.8 Å². The van der Waals surface area contributed by atoms with Crippen LogP contribution in [-0.2, 0) is 19.1 Å². The molecule has 0 spiro atoms. The molecule has 2 aromatic rings. The summed E-state index contributed by atoms with van der Waals surface area (Å²) < 4.78 is 32.0. The standard InChI is InChI=1S/C21H23FN4O9S/c1-31-25-14(19-26-33-7-6-32-19)10-4-2-3-5-11(10)34-18-13(22)20(24-9-23-18)36-21-17(30)16(29)15(28)12(8-27)35-21/h2-5,9,12,15-17,21,27-30H,6-8H2,1H3/b25-14-/t12-,15-,16+,17-,21+/m1/s1. The number of ether oxygens (including phenoxy) is 3. The zero-order chi connectivity index (χ0) is 25.7. The van der Waals surface area contributed by atoms with Crippen molar-refractivity contribution >= 4 is 23.4 Å². The van der Waals surface area contributed by atoms with Crippen LogP contribution in [-0.4, -0.2) is 98.8 Å². The number of para-hydroxylation sites is 1. The Morgan fingerprint density at radius 2 is 1.97 bits per heavy atom. The molecule has 0 saturated carbocycles. The highest BCUT2D eigenvalue weighted by Crippen LogP contribution is 2.36. The summed E-state index contributed by atoms with van der Waals surface area (Å²) in [5.41, 5.74) is -0.769. The van der Waals surface area contributed by atoms with E-state index in [1.54, 1.807) is 18.2 Å². The monoisotopic (exact) mass is 526 g/mol. The Labute approximate surface area is 208 Å². The lowest BCUT2D eigenvalue weighted by atomic mass is 10.0. The van der Waals surface area contributed by atoms with Crippen molar-refractivity contribution in [3.05, 3.63) is 42.0 Å². The minimum Gasteiger partial charge on any atom is -0.470 e. The maximum Gasteiger partial charge on any atom is 0.280 e. The summed E-state index contributed by atoms with van der Waals surface area (Å²) in [7, 11) is 1.33. The van der Waals surface area contributed by atoms with Gasteiger partial charge in [0.2, 0.25) is 5.82 Å². The van der Waals surface area contributed by atoms with Gasteiger partial charge in [-0.2, -0.15) is 9.37 Å². The van der Waals surface area contributed by atoms with Crippen molar-refractivity contribution in [3.63, 3.8) is 0 Å². The van der Waals surface area contributed by atoms with Gasteiger partial charge in [-0.05, 0) is 17.3 Å². The molecule has 1 aromatic heterocycles. The highest BCUT2D eigenvalue weighted by atomic mass is 32.2. The number of halogens is 1. The molecule has 1 fully saturated rings. The predicted molar refractivity (Wildman–Crippen MR) is 121 cm³/mol. The number of hydrogen-bond donors (Lipinski definition) is 4. The van der Waals surface area contributed by atoms with E-state index in [2.05, 4.69) is 20.3 Å². The second-order valence-electron chi connectivity index (χ2n) is 7.41. The summed E-state index contributed by atoms with van der Waals surface area (Å²) in [4.78, 5) is 17.7. The number of hydrogen-bond acceptors (Lipinski definition) is 14. The van der Waals surface area contributed by atoms with Crippen LogP contribution in [0.15, 0.2) is 45.9 Å². The van der Waals surface area contributed by atoms with Gasteiger partial charge in [0, 0.05) is 0 Å². The van der Waals surface area contributed by atoms with E-state index < -0.39 is 48.2 Å². The second-order valence-corrected chi connectivity index (χ2v) is 8.50. The van der Waals surface area contributed by atoms with Gasteiger partial charge in [-0.15, -0.1) is 0 Å².